The van der Waals surface area contributed by atoms with Crippen LogP contribution in [0.4, 0.5) is 10.5 Å². The number of anilines is 1. The Morgan fingerprint density at radius 3 is 2.67 bits per heavy atom. The average molecular weight is 289 g/mol. The first-order chi connectivity index (χ1) is 10.1. The summed E-state index contributed by atoms with van der Waals surface area (Å²) < 4.78 is 0. The molecule has 1 aromatic carbocycles. The highest BCUT2D eigenvalue weighted by Gasteiger charge is 2.22. The molecule has 21 heavy (non-hydrogen) atoms. The van der Waals surface area contributed by atoms with Crippen molar-refractivity contribution in [2.45, 2.75) is 45.1 Å². The summed E-state index contributed by atoms with van der Waals surface area (Å²) in [7, 11) is 0. The molecule has 0 heterocycles. The van der Waals surface area contributed by atoms with Crippen molar-refractivity contribution in [2.75, 3.05) is 5.32 Å². The van der Waals surface area contributed by atoms with E-state index in [1.54, 1.807) is 12.1 Å². The van der Waals surface area contributed by atoms with Crippen LogP contribution in [0.25, 0.3) is 0 Å². The second-order valence-electron chi connectivity index (χ2n) is 5.77. The van der Waals surface area contributed by atoms with Crippen LogP contribution in [0.3, 0.4) is 0 Å². The number of amides is 3. The third-order valence-electron chi connectivity index (χ3n) is 4.06. The SMILES string of the molecule is C[C@@H]1CCCC[C@@H]1NC(=O)Nc1ccccc1CC(N)=O. The number of rotatable bonds is 4. The van der Waals surface area contributed by atoms with Crippen LogP contribution in [0.1, 0.15) is 38.2 Å². The van der Waals surface area contributed by atoms with Crippen molar-refractivity contribution in [3.8, 4) is 0 Å². The average Bonchev–Trinajstić information content (AvgIpc) is 2.43. The molecule has 0 spiro atoms. The monoisotopic (exact) mass is 289 g/mol. The van der Waals surface area contributed by atoms with E-state index < -0.39 is 5.91 Å². The minimum Gasteiger partial charge on any atom is -0.369 e. The van der Waals surface area contributed by atoms with Gasteiger partial charge in [0.15, 0.2) is 0 Å². The van der Waals surface area contributed by atoms with Crippen molar-refractivity contribution < 1.29 is 9.59 Å². The summed E-state index contributed by atoms with van der Waals surface area (Å²) in [5, 5.41) is 5.86. The van der Waals surface area contributed by atoms with Gasteiger partial charge in [0.25, 0.3) is 0 Å². The van der Waals surface area contributed by atoms with Crippen LogP contribution in [-0.2, 0) is 11.2 Å². The van der Waals surface area contributed by atoms with Crippen LogP contribution in [0.15, 0.2) is 24.3 Å². The van der Waals surface area contributed by atoms with Crippen LogP contribution in [0, 0.1) is 5.92 Å². The van der Waals surface area contributed by atoms with E-state index in [9.17, 15) is 9.59 Å². The number of para-hydroxylation sites is 1. The summed E-state index contributed by atoms with van der Waals surface area (Å²) in [6.45, 7) is 2.17. The number of hydrogen-bond acceptors (Lipinski definition) is 2. The zero-order valence-corrected chi connectivity index (χ0v) is 12.4. The van der Waals surface area contributed by atoms with Crippen molar-refractivity contribution in [1.29, 1.82) is 0 Å². The molecule has 5 nitrogen and oxygen atoms in total. The van der Waals surface area contributed by atoms with Crippen LogP contribution in [-0.4, -0.2) is 18.0 Å². The fraction of sp³-hybridized carbons (Fsp3) is 0.500. The highest BCUT2D eigenvalue weighted by Crippen LogP contribution is 2.24. The first-order valence-corrected chi connectivity index (χ1v) is 7.50. The maximum atomic E-state index is 12.1. The van der Waals surface area contributed by atoms with Crippen LogP contribution >= 0.6 is 0 Å². The Kier molecular flexibility index (Phi) is 5.20. The van der Waals surface area contributed by atoms with Gasteiger partial charge in [0.2, 0.25) is 5.91 Å². The molecule has 114 valence electrons. The summed E-state index contributed by atoms with van der Waals surface area (Å²) >= 11 is 0. The molecule has 0 aromatic heterocycles. The maximum Gasteiger partial charge on any atom is 0.319 e. The van der Waals surface area contributed by atoms with Gasteiger partial charge in [-0.25, -0.2) is 4.79 Å². The maximum absolute atomic E-state index is 12.1. The Balaban J connectivity index is 1.97. The number of carbonyl (C=O) groups is 2. The van der Waals surface area contributed by atoms with E-state index in [0.29, 0.717) is 11.6 Å². The van der Waals surface area contributed by atoms with Gasteiger partial charge in [-0.3, -0.25) is 4.79 Å². The lowest BCUT2D eigenvalue weighted by molar-refractivity contribution is -0.117. The predicted octanol–water partition coefficient (Wildman–Crippen LogP) is 2.41. The quantitative estimate of drug-likeness (QED) is 0.795. The number of hydrogen-bond donors (Lipinski definition) is 3. The highest BCUT2D eigenvalue weighted by atomic mass is 16.2. The molecule has 1 saturated carbocycles. The highest BCUT2D eigenvalue weighted by molar-refractivity contribution is 5.91. The zero-order valence-electron chi connectivity index (χ0n) is 12.4. The molecule has 2 atom stereocenters. The summed E-state index contributed by atoms with van der Waals surface area (Å²) in [6.07, 6.45) is 4.70. The summed E-state index contributed by atoms with van der Waals surface area (Å²) in [4.78, 5) is 23.2. The van der Waals surface area contributed by atoms with Gasteiger partial charge < -0.3 is 16.4 Å². The Hall–Kier alpha value is -2.04. The van der Waals surface area contributed by atoms with Crippen molar-refractivity contribution >= 4 is 17.6 Å². The molecule has 4 N–H and O–H groups in total. The molecule has 0 saturated heterocycles. The summed E-state index contributed by atoms with van der Waals surface area (Å²) in [5.41, 5.74) is 6.59. The summed E-state index contributed by atoms with van der Waals surface area (Å²) in [6, 6.07) is 7.23. The number of nitrogens with two attached hydrogens (primary N) is 1. The normalized spacial score (nSPS) is 21.6. The molecule has 0 unspecified atom stereocenters. The Morgan fingerprint density at radius 1 is 1.24 bits per heavy atom. The van der Waals surface area contributed by atoms with Crippen LogP contribution in [0.2, 0.25) is 0 Å². The molecule has 1 aromatic rings. The van der Waals surface area contributed by atoms with Crippen LogP contribution < -0.4 is 16.4 Å². The van der Waals surface area contributed by atoms with Crippen LogP contribution in [0.5, 0.6) is 0 Å². The molecule has 0 bridgehead atoms. The first-order valence-electron chi connectivity index (χ1n) is 7.50. The van der Waals surface area contributed by atoms with Gasteiger partial charge in [0.1, 0.15) is 0 Å². The van der Waals surface area contributed by atoms with E-state index in [4.69, 9.17) is 5.73 Å². The number of nitrogens with one attached hydrogen (secondary N) is 2. The lowest BCUT2D eigenvalue weighted by Crippen LogP contribution is -2.43. The van der Waals surface area contributed by atoms with E-state index in [-0.39, 0.29) is 18.5 Å². The third kappa shape index (κ3) is 4.48. The predicted molar refractivity (Wildman–Crippen MR) is 82.9 cm³/mol. The van der Waals surface area contributed by atoms with Gasteiger partial charge in [-0.1, -0.05) is 38.0 Å². The molecule has 1 fully saturated rings. The Labute approximate surface area is 125 Å². The minimum atomic E-state index is -0.412. The van der Waals surface area contributed by atoms with Gasteiger partial charge in [-0.05, 0) is 30.4 Å². The Bertz CT molecular complexity index is 516. The lowest BCUT2D eigenvalue weighted by atomic mass is 9.86. The third-order valence-corrected chi connectivity index (χ3v) is 4.06. The fourth-order valence-electron chi connectivity index (χ4n) is 2.84. The molecule has 1 aliphatic rings. The molecule has 2 rings (SSSR count). The lowest BCUT2D eigenvalue weighted by Gasteiger charge is -2.29. The molecule has 0 aliphatic heterocycles. The number of benzene rings is 1. The zero-order chi connectivity index (χ0) is 15.2. The van der Waals surface area contributed by atoms with E-state index in [1.807, 2.05) is 12.1 Å². The van der Waals surface area contributed by atoms with Crippen molar-refractivity contribution in [2.24, 2.45) is 11.7 Å². The van der Waals surface area contributed by atoms with Gasteiger partial charge in [-0.2, -0.15) is 0 Å². The summed E-state index contributed by atoms with van der Waals surface area (Å²) in [5.74, 6) is 0.0934. The smallest absolute Gasteiger partial charge is 0.319 e. The Morgan fingerprint density at radius 2 is 1.95 bits per heavy atom. The molecular formula is C16H23N3O2. The molecule has 0 radical (unpaired) electrons. The topological polar surface area (TPSA) is 84.2 Å². The van der Waals surface area contributed by atoms with Crippen molar-refractivity contribution in [3.05, 3.63) is 29.8 Å². The second kappa shape index (κ2) is 7.11. The van der Waals surface area contributed by atoms with E-state index in [0.717, 1.165) is 24.8 Å². The van der Waals surface area contributed by atoms with Gasteiger partial charge in [0.05, 0.1) is 6.42 Å². The number of primary amides is 1. The molecule has 5 heteroatoms. The van der Waals surface area contributed by atoms with Gasteiger partial charge in [0, 0.05) is 11.7 Å². The van der Waals surface area contributed by atoms with Crippen molar-refractivity contribution in [1.82, 2.24) is 5.32 Å². The van der Waals surface area contributed by atoms with E-state index >= 15 is 0 Å². The van der Waals surface area contributed by atoms with E-state index in [1.165, 1.54) is 6.42 Å². The second-order valence-corrected chi connectivity index (χ2v) is 5.77. The molecular weight excluding hydrogens is 266 g/mol. The van der Waals surface area contributed by atoms with Gasteiger partial charge in [-0.15, -0.1) is 0 Å². The minimum absolute atomic E-state index is 0.121. The largest absolute Gasteiger partial charge is 0.369 e. The molecule has 3 amide bonds. The first kappa shape index (κ1) is 15.4. The van der Waals surface area contributed by atoms with E-state index in [2.05, 4.69) is 17.6 Å². The number of carbonyl (C=O) groups excluding carboxylic acids is 2. The standard InChI is InChI=1S/C16H23N3O2/c1-11-6-2-4-8-13(11)18-16(21)19-14-9-5-3-7-12(14)10-15(17)20/h3,5,7,9,11,13H,2,4,6,8,10H2,1H3,(H2,17,20)(H2,18,19,21)/t11-,13+/m1/s1. The number of urea groups is 1. The molecule has 1 aliphatic carbocycles. The van der Waals surface area contributed by atoms with Crippen molar-refractivity contribution in [3.63, 3.8) is 0 Å². The van der Waals surface area contributed by atoms with Gasteiger partial charge >= 0.3 is 6.03 Å². The fourth-order valence-corrected chi connectivity index (χ4v) is 2.84.